The Hall–Kier alpha value is -1.62. The fraction of sp³-hybridized carbons (Fsp3) is 0.333. The quantitative estimate of drug-likeness (QED) is 0.926. The van der Waals surface area contributed by atoms with E-state index in [1.807, 2.05) is 24.3 Å². The third kappa shape index (κ3) is 4.22. The van der Waals surface area contributed by atoms with Gasteiger partial charge in [-0.3, -0.25) is 4.90 Å². The van der Waals surface area contributed by atoms with Gasteiger partial charge in [-0.1, -0.05) is 30.3 Å². The second kappa shape index (κ2) is 8.29. The average Bonchev–Trinajstić information content (AvgIpc) is 2.55. The van der Waals surface area contributed by atoms with Gasteiger partial charge in [0.05, 0.1) is 13.2 Å². The zero-order valence-corrected chi connectivity index (χ0v) is 14.0. The van der Waals surface area contributed by atoms with Gasteiger partial charge in [-0.15, -0.1) is 12.4 Å². The first-order valence-corrected chi connectivity index (χ1v) is 7.60. The van der Waals surface area contributed by atoms with Crippen molar-refractivity contribution in [2.75, 3.05) is 26.7 Å². The van der Waals surface area contributed by atoms with Crippen molar-refractivity contribution in [3.8, 4) is 5.75 Å². The highest BCUT2D eigenvalue weighted by Crippen LogP contribution is 2.31. The molecule has 1 N–H and O–H groups in total. The van der Waals surface area contributed by atoms with Gasteiger partial charge in [0.25, 0.3) is 0 Å². The molecule has 2 aromatic carbocycles. The topological polar surface area (TPSA) is 24.5 Å². The number of nitrogens with one attached hydrogen (secondary N) is 1. The molecule has 0 amide bonds. The highest BCUT2D eigenvalue weighted by Gasteiger charge is 2.26. The SMILES string of the molecule is COc1ccccc1C1CNCCN1Cc1cccc(F)c1.Cl. The Morgan fingerprint density at radius 1 is 1.22 bits per heavy atom. The lowest BCUT2D eigenvalue weighted by Gasteiger charge is -2.37. The van der Waals surface area contributed by atoms with Crippen molar-refractivity contribution >= 4 is 12.4 Å². The van der Waals surface area contributed by atoms with Crippen molar-refractivity contribution in [1.29, 1.82) is 0 Å². The van der Waals surface area contributed by atoms with Crippen LogP contribution in [-0.4, -0.2) is 31.6 Å². The molecule has 0 aliphatic carbocycles. The maximum Gasteiger partial charge on any atom is 0.123 e. The van der Waals surface area contributed by atoms with Crippen LogP contribution in [0.25, 0.3) is 0 Å². The molecule has 0 bridgehead atoms. The van der Waals surface area contributed by atoms with Crippen LogP contribution in [0.2, 0.25) is 0 Å². The number of halogens is 2. The molecule has 2 aromatic rings. The fourth-order valence-corrected chi connectivity index (χ4v) is 3.05. The molecule has 23 heavy (non-hydrogen) atoms. The minimum absolute atomic E-state index is 0. The van der Waals surface area contributed by atoms with Crippen molar-refractivity contribution in [2.24, 2.45) is 0 Å². The van der Waals surface area contributed by atoms with Crippen LogP contribution in [0.15, 0.2) is 48.5 Å². The number of benzene rings is 2. The van der Waals surface area contributed by atoms with Crippen LogP contribution < -0.4 is 10.1 Å². The van der Waals surface area contributed by atoms with E-state index in [4.69, 9.17) is 4.74 Å². The van der Waals surface area contributed by atoms with Gasteiger partial charge in [0, 0.05) is 31.7 Å². The number of piperazine rings is 1. The van der Waals surface area contributed by atoms with Crippen molar-refractivity contribution in [2.45, 2.75) is 12.6 Å². The van der Waals surface area contributed by atoms with Crippen molar-refractivity contribution in [3.05, 3.63) is 65.5 Å². The molecule has 124 valence electrons. The van der Waals surface area contributed by atoms with E-state index in [2.05, 4.69) is 16.3 Å². The van der Waals surface area contributed by atoms with Crippen molar-refractivity contribution in [3.63, 3.8) is 0 Å². The van der Waals surface area contributed by atoms with Crippen LogP contribution in [0.3, 0.4) is 0 Å². The standard InChI is InChI=1S/C18H21FN2O.ClH/c1-22-18-8-3-2-7-16(18)17-12-20-9-10-21(17)13-14-5-4-6-15(19)11-14;/h2-8,11,17,20H,9-10,12-13H2,1H3;1H. The largest absolute Gasteiger partial charge is 0.496 e. The molecule has 1 atom stereocenters. The molecule has 0 radical (unpaired) electrons. The minimum Gasteiger partial charge on any atom is -0.496 e. The van der Waals surface area contributed by atoms with Gasteiger partial charge in [0.15, 0.2) is 0 Å². The van der Waals surface area contributed by atoms with E-state index < -0.39 is 0 Å². The molecule has 1 aliphatic rings. The number of nitrogens with zero attached hydrogens (tertiary/aromatic N) is 1. The molecule has 0 spiro atoms. The molecule has 3 nitrogen and oxygen atoms in total. The van der Waals surface area contributed by atoms with E-state index in [1.165, 1.54) is 11.6 Å². The van der Waals surface area contributed by atoms with Gasteiger partial charge >= 0.3 is 0 Å². The second-order valence-electron chi connectivity index (χ2n) is 5.56. The number of hydrogen-bond donors (Lipinski definition) is 1. The van der Waals surface area contributed by atoms with Crippen LogP contribution in [0.4, 0.5) is 4.39 Å². The lowest BCUT2D eigenvalue weighted by Crippen LogP contribution is -2.45. The number of para-hydroxylation sites is 1. The molecule has 3 rings (SSSR count). The third-order valence-corrected chi connectivity index (χ3v) is 4.13. The van der Waals surface area contributed by atoms with Crippen molar-refractivity contribution in [1.82, 2.24) is 10.2 Å². The fourth-order valence-electron chi connectivity index (χ4n) is 3.05. The summed E-state index contributed by atoms with van der Waals surface area (Å²) in [5.74, 6) is 0.724. The molecule has 1 heterocycles. The van der Waals surface area contributed by atoms with E-state index in [-0.39, 0.29) is 24.3 Å². The summed E-state index contributed by atoms with van der Waals surface area (Å²) in [5.41, 5.74) is 2.18. The predicted molar refractivity (Wildman–Crippen MR) is 92.7 cm³/mol. The first kappa shape index (κ1) is 17.7. The van der Waals surface area contributed by atoms with Crippen LogP contribution in [0.1, 0.15) is 17.2 Å². The van der Waals surface area contributed by atoms with Gasteiger partial charge in [0.2, 0.25) is 0 Å². The Morgan fingerprint density at radius 2 is 2.04 bits per heavy atom. The Balaban J connectivity index is 0.00000192. The molecular formula is C18H22ClFN2O. The van der Waals surface area contributed by atoms with E-state index in [0.29, 0.717) is 0 Å². The highest BCUT2D eigenvalue weighted by molar-refractivity contribution is 5.85. The predicted octanol–water partition coefficient (Wildman–Crippen LogP) is 3.40. The van der Waals surface area contributed by atoms with Gasteiger partial charge in [-0.25, -0.2) is 4.39 Å². The molecule has 1 fully saturated rings. The molecule has 1 aliphatic heterocycles. The zero-order chi connectivity index (χ0) is 15.4. The zero-order valence-electron chi connectivity index (χ0n) is 13.2. The summed E-state index contributed by atoms with van der Waals surface area (Å²) in [4.78, 5) is 2.38. The number of methoxy groups -OCH3 is 1. The summed E-state index contributed by atoms with van der Waals surface area (Å²) >= 11 is 0. The summed E-state index contributed by atoms with van der Waals surface area (Å²) in [6.07, 6.45) is 0. The Labute approximate surface area is 142 Å². The lowest BCUT2D eigenvalue weighted by molar-refractivity contribution is 0.151. The van der Waals surface area contributed by atoms with Crippen molar-refractivity contribution < 1.29 is 9.13 Å². The third-order valence-electron chi connectivity index (χ3n) is 4.13. The van der Waals surface area contributed by atoms with Gasteiger partial charge in [-0.2, -0.15) is 0 Å². The number of rotatable bonds is 4. The maximum absolute atomic E-state index is 13.4. The van der Waals surface area contributed by atoms with E-state index >= 15 is 0 Å². The minimum atomic E-state index is -0.179. The Morgan fingerprint density at radius 3 is 2.83 bits per heavy atom. The van der Waals surface area contributed by atoms with Crippen LogP contribution in [0, 0.1) is 5.82 Å². The highest BCUT2D eigenvalue weighted by atomic mass is 35.5. The molecule has 5 heteroatoms. The number of ether oxygens (including phenoxy) is 1. The first-order valence-electron chi connectivity index (χ1n) is 7.60. The van der Waals surface area contributed by atoms with Crippen LogP contribution in [0.5, 0.6) is 5.75 Å². The normalized spacial score (nSPS) is 18.3. The van der Waals surface area contributed by atoms with E-state index in [0.717, 1.165) is 37.5 Å². The summed E-state index contributed by atoms with van der Waals surface area (Å²) in [6, 6.07) is 15.2. The maximum atomic E-state index is 13.4. The molecular weight excluding hydrogens is 315 g/mol. The van der Waals surface area contributed by atoms with E-state index in [9.17, 15) is 4.39 Å². The molecule has 1 saturated heterocycles. The lowest BCUT2D eigenvalue weighted by atomic mass is 10.0. The van der Waals surface area contributed by atoms with Crippen LogP contribution >= 0.6 is 12.4 Å². The van der Waals surface area contributed by atoms with Gasteiger partial charge < -0.3 is 10.1 Å². The second-order valence-corrected chi connectivity index (χ2v) is 5.56. The van der Waals surface area contributed by atoms with Crippen LogP contribution in [-0.2, 0) is 6.54 Å². The monoisotopic (exact) mass is 336 g/mol. The smallest absolute Gasteiger partial charge is 0.123 e. The Bertz CT molecular complexity index is 638. The summed E-state index contributed by atoms with van der Waals surface area (Å²) in [6.45, 7) is 3.48. The molecule has 1 unspecified atom stereocenters. The summed E-state index contributed by atoms with van der Waals surface area (Å²) < 4.78 is 18.9. The molecule has 0 aromatic heterocycles. The number of hydrogen-bond acceptors (Lipinski definition) is 3. The average molecular weight is 337 g/mol. The summed E-state index contributed by atoms with van der Waals surface area (Å²) in [7, 11) is 1.70. The first-order chi connectivity index (χ1) is 10.8. The van der Waals surface area contributed by atoms with Gasteiger partial charge in [-0.05, 0) is 23.8 Å². The van der Waals surface area contributed by atoms with Gasteiger partial charge in [0.1, 0.15) is 11.6 Å². The van der Waals surface area contributed by atoms with E-state index in [1.54, 1.807) is 19.2 Å². The Kier molecular flexibility index (Phi) is 6.39. The summed E-state index contributed by atoms with van der Waals surface area (Å²) in [5, 5.41) is 3.44. The molecule has 0 saturated carbocycles.